The molecule has 0 heterocycles. The van der Waals surface area contributed by atoms with Gasteiger partial charge in [-0.05, 0) is 12.8 Å². The molecule has 1 aliphatic carbocycles. The van der Waals surface area contributed by atoms with Crippen molar-refractivity contribution in [2.45, 2.75) is 33.1 Å². The SMILES string of the molecule is CCc1[c-]cc(N(C)C(=O)C2(C)CC2)cc1.[Y]. The summed E-state index contributed by atoms with van der Waals surface area (Å²) in [5, 5.41) is 0. The molecule has 17 heavy (non-hydrogen) atoms. The van der Waals surface area contributed by atoms with Crippen LogP contribution in [-0.4, -0.2) is 13.0 Å². The van der Waals surface area contributed by atoms with Gasteiger partial charge in [-0.15, -0.1) is 6.07 Å². The second-order valence-corrected chi connectivity index (χ2v) is 4.85. The predicted molar refractivity (Wildman–Crippen MR) is 65.4 cm³/mol. The molecule has 0 bridgehead atoms. The monoisotopic (exact) mass is 305 g/mol. The number of rotatable bonds is 3. The molecule has 1 fully saturated rings. The first-order valence-corrected chi connectivity index (χ1v) is 5.85. The maximum atomic E-state index is 12.1. The van der Waals surface area contributed by atoms with Crippen molar-refractivity contribution in [3.63, 3.8) is 0 Å². The van der Waals surface area contributed by atoms with Gasteiger partial charge in [0, 0.05) is 45.2 Å². The van der Waals surface area contributed by atoms with Gasteiger partial charge in [0.2, 0.25) is 5.91 Å². The fourth-order valence-corrected chi connectivity index (χ4v) is 1.80. The molecular weight excluding hydrogens is 287 g/mol. The number of anilines is 1. The maximum absolute atomic E-state index is 12.1. The summed E-state index contributed by atoms with van der Waals surface area (Å²) in [6.07, 6.45) is 3.02. The Kier molecular flexibility index (Phi) is 4.91. The zero-order chi connectivity index (χ0) is 11.8. The standard InChI is InChI=1S/C14H18NO.Y/c1-4-11-5-7-12(8-6-11)15(3)13(16)14(2)9-10-14;/h5,7-8H,4,9-10H2,1-3H3;/q-1;. The number of aryl methyl sites for hydroxylation is 1. The predicted octanol–water partition coefficient (Wildman–Crippen LogP) is 2.81. The Morgan fingerprint density at radius 1 is 1.47 bits per heavy atom. The average molecular weight is 305 g/mol. The zero-order valence-electron chi connectivity index (χ0n) is 10.8. The Hall–Kier alpha value is -0.206. The number of nitrogens with zero attached hydrogens (tertiary/aromatic N) is 1. The van der Waals surface area contributed by atoms with Gasteiger partial charge >= 0.3 is 0 Å². The fourth-order valence-electron chi connectivity index (χ4n) is 1.80. The number of carbonyl (C=O) groups excluding carboxylic acids is 1. The van der Waals surface area contributed by atoms with E-state index in [0.29, 0.717) is 0 Å². The Bertz CT molecular complexity index is 395. The van der Waals surface area contributed by atoms with E-state index in [2.05, 4.69) is 13.0 Å². The van der Waals surface area contributed by atoms with Crippen LogP contribution in [0.3, 0.4) is 0 Å². The van der Waals surface area contributed by atoms with Gasteiger partial charge in [-0.3, -0.25) is 4.79 Å². The Morgan fingerprint density at radius 2 is 2.12 bits per heavy atom. The molecule has 0 aliphatic heterocycles. The van der Waals surface area contributed by atoms with Crippen LogP contribution < -0.4 is 4.90 Å². The van der Waals surface area contributed by atoms with Crippen LogP contribution in [0, 0.1) is 11.5 Å². The molecule has 1 radical (unpaired) electrons. The molecule has 3 heteroatoms. The minimum absolute atomic E-state index is 0. The van der Waals surface area contributed by atoms with Crippen LogP contribution in [0.2, 0.25) is 0 Å². The largest absolute Gasteiger partial charge is 0.369 e. The molecule has 0 saturated heterocycles. The molecule has 0 aromatic heterocycles. The third-order valence-electron chi connectivity index (χ3n) is 3.45. The van der Waals surface area contributed by atoms with Crippen molar-refractivity contribution in [1.29, 1.82) is 0 Å². The number of amides is 1. The summed E-state index contributed by atoms with van der Waals surface area (Å²) in [5.41, 5.74) is 2.02. The van der Waals surface area contributed by atoms with Crippen molar-refractivity contribution in [1.82, 2.24) is 0 Å². The van der Waals surface area contributed by atoms with Gasteiger partial charge in [0.25, 0.3) is 0 Å². The quantitative estimate of drug-likeness (QED) is 0.786. The molecule has 2 rings (SSSR count). The minimum Gasteiger partial charge on any atom is -0.369 e. The number of hydrogen-bond acceptors (Lipinski definition) is 1. The molecule has 1 aliphatic rings. The van der Waals surface area contributed by atoms with E-state index in [1.807, 2.05) is 32.2 Å². The maximum Gasteiger partial charge on any atom is 0.221 e. The van der Waals surface area contributed by atoms with Gasteiger partial charge in [0.1, 0.15) is 0 Å². The van der Waals surface area contributed by atoms with Gasteiger partial charge < -0.3 is 4.90 Å². The number of carbonyl (C=O) groups is 1. The van der Waals surface area contributed by atoms with Crippen LogP contribution in [0.5, 0.6) is 0 Å². The van der Waals surface area contributed by atoms with E-state index in [1.165, 1.54) is 5.56 Å². The van der Waals surface area contributed by atoms with Crippen molar-refractivity contribution >= 4 is 11.6 Å². The molecule has 2 nitrogen and oxygen atoms in total. The molecule has 0 unspecified atom stereocenters. The van der Waals surface area contributed by atoms with E-state index in [1.54, 1.807) is 4.90 Å². The first-order valence-electron chi connectivity index (χ1n) is 5.85. The molecule has 1 saturated carbocycles. The van der Waals surface area contributed by atoms with E-state index in [0.717, 1.165) is 24.9 Å². The second kappa shape index (κ2) is 5.62. The Labute approximate surface area is 129 Å². The van der Waals surface area contributed by atoms with E-state index in [-0.39, 0.29) is 44.0 Å². The van der Waals surface area contributed by atoms with E-state index < -0.39 is 0 Å². The van der Waals surface area contributed by atoms with Crippen molar-refractivity contribution < 1.29 is 37.5 Å². The number of benzene rings is 1. The van der Waals surface area contributed by atoms with Crippen LogP contribution in [0.25, 0.3) is 0 Å². The van der Waals surface area contributed by atoms with Crippen LogP contribution >= 0.6 is 0 Å². The van der Waals surface area contributed by atoms with Gasteiger partial charge in [-0.25, -0.2) is 0 Å². The third kappa shape index (κ3) is 3.17. The third-order valence-corrected chi connectivity index (χ3v) is 3.45. The molecule has 1 amide bonds. The molecule has 0 N–H and O–H groups in total. The van der Waals surface area contributed by atoms with E-state index in [4.69, 9.17) is 0 Å². The zero-order valence-corrected chi connectivity index (χ0v) is 13.6. The normalized spacial score (nSPS) is 15.9. The van der Waals surface area contributed by atoms with Crippen LogP contribution in [0.15, 0.2) is 18.2 Å². The summed E-state index contributed by atoms with van der Waals surface area (Å²) in [5.74, 6) is 0.227. The van der Waals surface area contributed by atoms with Crippen LogP contribution in [-0.2, 0) is 43.9 Å². The molecular formula is C14H18NOY-. The Morgan fingerprint density at radius 3 is 2.53 bits per heavy atom. The number of hydrogen-bond donors (Lipinski definition) is 0. The summed E-state index contributed by atoms with van der Waals surface area (Å²) >= 11 is 0. The van der Waals surface area contributed by atoms with E-state index in [9.17, 15) is 4.79 Å². The molecule has 0 spiro atoms. The fraction of sp³-hybridized carbons (Fsp3) is 0.500. The smallest absolute Gasteiger partial charge is 0.221 e. The summed E-state index contributed by atoms with van der Waals surface area (Å²) < 4.78 is 0. The van der Waals surface area contributed by atoms with Gasteiger partial charge in [0.15, 0.2) is 0 Å². The molecule has 89 valence electrons. The Balaban J connectivity index is 0.00000144. The van der Waals surface area contributed by atoms with Crippen molar-refractivity contribution in [3.8, 4) is 0 Å². The first kappa shape index (κ1) is 14.9. The van der Waals surface area contributed by atoms with Gasteiger partial charge in [0.05, 0.1) is 0 Å². The van der Waals surface area contributed by atoms with Crippen LogP contribution in [0.4, 0.5) is 5.69 Å². The summed E-state index contributed by atoms with van der Waals surface area (Å²) in [6, 6.07) is 9.14. The van der Waals surface area contributed by atoms with Crippen LogP contribution in [0.1, 0.15) is 32.3 Å². The van der Waals surface area contributed by atoms with Crippen molar-refractivity contribution in [3.05, 3.63) is 29.8 Å². The topological polar surface area (TPSA) is 20.3 Å². The second-order valence-electron chi connectivity index (χ2n) is 4.85. The van der Waals surface area contributed by atoms with Crippen molar-refractivity contribution in [2.75, 3.05) is 11.9 Å². The van der Waals surface area contributed by atoms with Gasteiger partial charge in [-0.2, -0.15) is 23.8 Å². The summed E-state index contributed by atoms with van der Waals surface area (Å²) in [6.45, 7) is 4.14. The first-order chi connectivity index (χ1) is 7.57. The average Bonchev–Trinajstić information content (AvgIpc) is 3.07. The van der Waals surface area contributed by atoms with Crippen molar-refractivity contribution in [2.24, 2.45) is 5.41 Å². The minimum atomic E-state index is -0.0990. The summed E-state index contributed by atoms with van der Waals surface area (Å²) in [7, 11) is 1.85. The van der Waals surface area contributed by atoms with E-state index >= 15 is 0 Å². The van der Waals surface area contributed by atoms with Gasteiger partial charge in [-0.1, -0.05) is 26.0 Å². The molecule has 1 aromatic carbocycles. The molecule has 0 atom stereocenters. The summed E-state index contributed by atoms with van der Waals surface area (Å²) in [4.78, 5) is 13.8. The molecule has 1 aromatic rings.